The number of halogens is 1. The average Bonchev–Trinajstić information content (AvgIpc) is 3.38. The Labute approximate surface area is 202 Å². The third kappa shape index (κ3) is 4.69. The zero-order chi connectivity index (χ0) is 23.5. The highest BCUT2D eigenvalue weighted by Crippen LogP contribution is 2.31. The van der Waals surface area contributed by atoms with Gasteiger partial charge in [0.05, 0.1) is 12.8 Å². The van der Waals surface area contributed by atoms with E-state index < -0.39 is 5.97 Å². The summed E-state index contributed by atoms with van der Waals surface area (Å²) in [5.74, 6) is 0.209. The van der Waals surface area contributed by atoms with Gasteiger partial charge in [0, 0.05) is 16.7 Å². The van der Waals surface area contributed by atoms with Crippen molar-refractivity contribution in [1.82, 2.24) is 4.90 Å². The molecule has 0 aliphatic carbocycles. The van der Waals surface area contributed by atoms with Gasteiger partial charge in [-0.25, -0.2) is 0 Å². The molecule has 8 heteroatoms. The molecule has 3 aromatic rings. The zero-order valence-corrected chi connectivity index (χ0v) is 19.7. The second-order valence-electron chi connectivity index (χ2n) is 7.34. The van der Waals surface area contributed by atoms with Crippen LogP contribution in [-0.2, 0) is 20.7 Å². The van der Waals surface area contributed by atoms with Crippen LogP contribution in [0.1, 0.15) is 18.2 Å². The number of carbonyl (C=O) groups excluding carboxylic acids is 2. The normalized spacial score (nSPS) is 14.9. The molecule has 2 heterocycles. The van der Waals surface area contributed by atoms with E-state index >= 15 is 0 Å². The van der Waals surface area contributed by atoms with Gasteiger partial charge >= 0.3 is 5.97 Å². The molecule has 1 saturated heterocycles. The monoisotopic (exact) mass is 480 g/mol. The molecule has 0 spiro atoms. The fourth-order valence-electron chi connectivity index (χ4n) is 3.47. The molecule has 0 saturated carbocycles. The highest BCUT2D eigenvalue weighted by atomic mass is 35.5. The second kappa shape index (κ2) is 9.60. The Morgan fingerprint density at radius 3 is 2.42 bits per heavy atom. The summed E-state index contributed by atoms with van der Waals surface area (Å²) in [6.07, 6.45) is 2.46. The van der Waals surface area contributed by atoms with Crippen LogP contribution in [0, 0.1) is 0 Å². The molecule has 4 rings (SSSR count). The van der Waals surface area contributed by atoms with Gasteiger partial charge in [0.15, 0.2) is 5.11 Å². The Morgan fingerprint density at radius 2 is 1.79 bits per heavy atom. The minimum absolute atomic E-state index is 0.193. The molecular formula is C25H21ClN2O4S. The van der Waals surface area contributed by atoms with E-state index in [1.54, 1.807) is 30.3 Å². The van der Waals surface area contributed by atoms with Crippen LogP contribution in [0.2, 0.25) is 5.02 Å². The molecule has 0 N–H and O–H groups in total. The van der Waals surface area contributed by atoms with Gasteiger partial charge in [0.25, 0.3) is 5.91 Å². The number of methoxy groups -OCH3 is 1. The number of thiocarbonyl (C=S) groups is 1. The van der Waals surface area contributed by atoms with Gasteiger partial charge < -0.3 is 14.1 Å². The molecule has 0 radical (unpaired) electrons. The maximum atomic E-state index is 13.4. The molecule has 168 valence electrons. The zero-order valence-electron chi connectivity index (χ0n) is 18.1. The molecule has 0 atom stereocenters. The molecular weight excluding hydrogens is 460 g/mol. The number of hydrogen-bond acceptors (Lipinski definition) is 5. The van der Waals surface area contributed by atoms with Crippen LogP contribution < -0.4 is 4.90 Å². The average molecular weight is 481 g/mol. The summed E-state index contributed by atoms with van der Waals surface area (Å²) in [4.78, 5) is 28.3. The second-order valence-corrected chi connectivity index (χ2v) is 8.15. The number of carbonyl (C=O) groups is 2. The number of hydrogen-bond donors (Lipinski definition) is 0. The molecule has 1 aliphatic heterocycles. The maximum absolute atomic E-state index is 13.4. The van der Waals surface area contributed by atoms with Crippen molar-refractivity contribution in [2.24, 2.45) is 0 Å². The first-order chi connectivity index (χ1) is 15.9. The predicted octanol–water partition coefficient (Wildman–Crippen LogP) is 5.31. The SMILES string of the molecule is CCc1ccc(N2C(=O)/C(=C/c3ccc(-c4ccc(Cl)cc4)o3)N(CC(=O)OC)C2=S)cc1. The Morgan fingerprint density at radius 1 is 1.09 bits per heavy atom. The fraction of sp³-hybridized carbons (Fsp3) is 0.160. The third-order valence-electron chi connectivity index (χ3n) is 5.29. The summed E-state index contributed by atoms with van der Waals surface area (Å²) in [5, 5.41) is 0.827. The smallest absolute Gasteiger partial charge is 0.325 e. The van der Waals surface area contributed by atoms with E-state index in [4.69, 9.17) is 33.0 Å². The summed E-state index contributed by atoms with van der Waals surface area (Å²) >= 11 is 11.5. The number of rotatable bonds is 6. The fourth-order valence-corrected chi connectivity index (χ4v) is 3.95. The lowest BCUT2D eigenvalue weighted by molar-refractivity contribution is -0.140. The Hall–Kier alpha value is -3.42. The highest BCUT2D eigenvalue weighted by Gasteiger charge is 2.40. The van der Waals surface area contributed by atoms with Crippen molar-refractivity contribution < 1.29 is 18.7 Å². The van der Waals surface area contributed by atoms with Crippen LogP contribution in [0.4, 0.5) is 5.69 Å². The van der Waals surface area contributed by atoms with Crippen molar-refractivity contribution in [2.45, 2.75) is 13.3 Å². The lowest BCUT2D eigenvalue weighted by Crippen LogP contribution is -2.35. The molecule has 0 unspecified atom stereocenters. The molecule has 2 aromatic carbocycles. The summed E-state index contributed by atoms with van der Waals surface area (Å²) in [6.45, 7) is 1.86. The van der Waals surface area contributed by atoms with E-state index in [2.05, 4.69) is 6.92 Å². The lowest BCUT2D eigenvalue weighted by atomic mass is 10.1. The van der Waals surface area contributed by atoms with E-state index in [0.717, 1.165) is 17.5 Å². The van der Waals surface area contributed by atoms with E-state index in [-0.39, 0.29) is 23.3 Å². The number of ether oxygens (including phenoxy) is 1. The highest BCUT2D eigenvalue weighted by molar-refractivity contribution is 7.80. The van der Waals surface area contributed by atoms with Crippen LogP contribution >= 0.6 is 23.8 Å². The minimum atomic E-state index is -0.513. The Kier molecular flexibility index (Phi) is 6.62. The van der Waals surface area contributed by atoms with Gasteiger partial charge in [-0.3, -0.25) is 14.5 Å². The van der Waals surface area contributed by atoms with Crippen molar-refractivity contribution >= 4 is 52.6 Å². The van der Waals surface area contributed by atoms with Crippen LogP contribution in [0.25, 0.3) is 17.4 Å². The third-order valence-corrected chi connectivity index (χ3v) is 5.94. The van der Waals surface area contributed by atoms with E-state index in [9.17, 15) is 9.59 Å². The van der Waals surface area contributed by atoms with Crippen molar-refractivity contribution in [1.29, 1.82) is 0 Å². The van der Waals surface area contributed by atoms with Gasteiger partial charge in [-0.2, -0.15) is 0 Å². The van der Waals surface area contributed by atoms with Crippen molar-refractivity contribution in [2.75, 3.05) is 18.6 Å². The molecule has 1 aliphatic rings. The number of nitrogens with zero attached hydrogens (tertiary/aromatic N) is 2. The summed E-state index contributed by atoms with van der Waals surface area (Å²) in [6, 6.07) is 18.4. The number of amides is 1. The van der Waals surface area contributed by atoms with E-state index in [0.29, 0.717) is 22.2 Å². The lowest BCUT2D eigenvalue weighted by Gasteiger charge is -2.19. The molecule has 6 nitrogen and oxygen atoms in total. The number of benzene rings is 2. The number of esters is 1. The van der Waals surface area contributed by atoms with Gasteiger partial charge in [-0.05, 0) is 72.7 Å². The van der Waals surface area contributed by atoms with E-state index in [1.165, 1.54) is 16.9 Å². The summed E-state index contributed by atoms with van der Waals surface area (Å²) in [7, 11) is 1.29. The molecule has 1 amide bonds. The number of furan rings is 1. The van der Waals surface area contributed by atoms with Gasteiger partial charge in [0.2, 0.25) is 0 Å². The summed E-state index contributed by atoms with van der Waals surface area (Å²) in [5.41, 5.74) is 2.84. The first-order valence-corrected chi connectivity index (χ1v) is 11.1. The van der Waals surface area contributed by atoms with Gasteiger partial charge in [0.1, 0.15) is 23.8 Å². The topological polar surface area (TPSA) is 63.0 Å². The van der Waals surface area contributed by atoms with E-state index in [1.807, 2.05) is 36.4 Å². The number of anilines is 1. The molecule has 1 aromatic heterocycles. The Bertz CT molecular complexity index is 1230. The Balaban J connectivity index is 1.70. The van der Waals surface area contributed by atoms with Crippen molar-refractivity contribution in [3.8, 4) is 11.3 Å². The molecule has 1 fully saturated rings. The van der Waals surface area contributed by atoms with Crippen LogP contribution in [0.3, 0.4) is 0 Å². The summed E-state index contributed by atoms with van der Waals surface area (Å²) < 4.78 is 10.7. The quantitative estimate of drug-likeness (QED) is 0.270. The van der Waals surface area contributed by atoms with Gasteiger partial charge in [-0.15, -0.1) is 0 Å². The molecule has 33 heavy (non-hydrogen) atoms. The largest absolute Gasteiger partial charge is 0.468 e. The molecule has 0 bridgehead atoms. The number of aryl methyl sites for hydroxylation is 1. The minimum Gasteiger partial charge on any atom is -0.468 e. The van der Waals surface area contributed by atoms with Crippen molar-refractivity contribution in [3.05, 3.63) is 82.7 Å². The van der Waals surface area contributed by atoms with Crippen LogP contribution in [0.5, 0.6) is 0 Å². The van der Waals surface area contributed by atoms with Gasteiger partial charge in [-0.1, -0.05) is 30.7 Å². The maximum Gasteiger partial charge on any atom is 0.325 e. The first-order valence-electron chi connectivity index (χ1n) is 10.3. The first kappa shape index (κ1) is 22.8. The van der Waals surface area contributed by atoms with Crippen LogP contribution in [-0.4, -0.2) is 35.5 Å². The van der Waals surface area contributed by atoms with Crippen LogP contribution in [0.15, 0.2) is 70.8 Å². The standard InChI is InChI=1S/C25H21ClN2O4S/c1-3-16-4-10-19(11-5-16)28-24(30)21(27(25(28)33)15-23(29)31-2)14-20-12-13-22(32-20)17-6-8-18(26)9-7-17/h4-14H,3,15H2,1-2H3/b21-14-. The predicted molar refractivity (Wildman–Crippen MR) is 132 cm³/mol. The van der Waals surface area contributed by atoms with Crippen molar-refractivity contribution in [3.63, 3.8) is 0 Å².